The van der Waals surface area contributed by atoms with Crippen molar-refractivity contribution in [2.75, 3.05) is 7.11 Å². The van der Waals surface area contributed by atoms with Gasteiger partial charge in [0.25, 0.3) is 0 Å². The minimum absolute atomic E-state index is 0.333. The van der Waals surface area contributed by atoms with Crippen LogP contribution in [0.15, 0.2) is 46.9 Å². The van der Waals surface area contributed by atoms with Crippen molar-refractivity contribution in [1.82, 2.24) is 0 Å². The molecule has 0 saturated heterocycles. The Labute approximate surface area is 132 Å². The Kier molecular flexibility index (Phi) is 5.81. The largest absolute Gasteiger partial charge is 0.496 e. The molecule has 110 valence electrons. The molecule has 2 aromatic carbocycles. The van der Waals surface area contributed by atoms with Gasteiger partial charge in [-0.2, -0.15) is 0 Å². The lowest BCUT2D eigenvalue weighted by Gasteiger charge is -2.11. The van der Waals surface area contributed by atoms with E-state index in [1.807, 2.05) is 24.3 Å². The van der Waals surface area contributed by atoms with E-state index in [9.17, 15) is 10.0 Å². The zero-order valence-corrected chi connectivity index (χ0v) is 13.2. The summed E-state index contributed by atoms with van der Waals surface area (Å²) in [6.07, 6.45) is 0. The van der Waals surface area contributed by atoms with Crippen molar-refractivity contribution < 1.29 is 19.5 Å². The van der Waals surface area contributed by atoms with Crippen molar-refractivity contribution >= 4 is 28.5 Å². The van der Waals surface area contributed by atoms with Crippen LogP contribution in [0.3, 0.4) is 0 Å². The van der Waals surface area contributed by atoms with Gasteiger partial charge in [-0.3, -0.25) is 0 Å². The Morgan fingerprint density at radius 3 is 2.38 bits per heavy atom. The molecule has 6 heteroatoms. The number of benzene rings is 2. The lowest BCUT2D eigenvalue weighted by atomic mass is 9.79. The summed E-state index contributed by atoms with van der Waals surface area (Å²) < 4.78 is 11.9. The van der Waals surface area contributed by atoms with Crippen LogP contribution in [-0.4, -0.2) is 24.3 Å². The zero-order chi connectivity index (χ0) is 15.2. The maximum Gasteiger partial charge on any atom is 0.488 e. The average Bonchev–Trinajstić information content (AvgIpc) is 2.49. The van der Waals surface area contributed by atoms with E-state index in [1.165, 1.54) is 0 Å². The highest BCUT2D eigenvalue weighted by atomic mass is 79.9. The van der Waals surface area contributed by atoms with Crippen LogP contribution in [0.1, 0.15) is 11.1 Å². The fourth-order valence-corrected chi connectivity index (χ4v) is 2.20. The second-order valence-electron chi connectivity index (χ2n) is 4.56. The molecule has 0 fully saturated rings. The third-order valence-electron chi connectivity index (χ3n) is 3.04. The van der Waals surface area contributed by atoms with E-state index in [0.29, 0.717) is 24.4 Å². The summed E-state index contributed by atoms with van der Waals surface area (Å²) >= 11 is 3.39. The number of hydrogen-bond donors (Lipinski definition) is 2. The molecule has 0 aliphatic rings. The molecule has 4 nitrogen and oxygen atoms in total. The van der Waals surface area contributed by atoms with E-state index in [2.05, 4.69) is 15.9 Å². The van der Waals surface area contributed by atoms with E-state index in [1.54, 1.807) is 25.3 Å². The Bertz CT molecular complexity index is 587. The lowest BCUT2D eigenvalue weighted by molar-refractivity contribution is 0.105. The first kappa shape index (κ1) is 16.0. The van der Waals surface area contributed by atoms with Gasteiger partial charge in [-0.05, 0) is 29.2 Å². The highest BCUT2D eigenvalue weighted by Crippen LogP contribution is 2.18. The van der Waals surface area contributed by atoms with E-state index < -0.39 is 7.12 Å². The fraction of sp³-hybridized carbons (Fsp3) is 0.200. The van der Waals surface area contributed by atoms with Crippen LogP contribution < -0.4 is 10.2 Å². The van der Waals surface area contributed by atoms with Crippen molar-refractivity contribution in [2.45, 2.75) is 13.2 Å². The lowest BCUT2D eigenvalue weighted by Crippen LogP contribution is -2.30. The van der Waals surface area contributed by atoms with Crippen LogP contribution in [0.2, 0.25) is 0 Å². The second-order valence-corrected chi connectivity index (χ2v) is 5.48. The molecule has 0 radical (unpaired) electrons. The highest BCUT2D eigenvalue weighted by Gasteiger charge is 2.13. The third kappa shape index (κ3) is 4.57. The summed E-state index contributed by atoms with van der Waals surface area (Å²) in [6.45, 7) is 0.808. The second kappa shape index (κ2) is 7.61. The molecule has 0 aliphatic heterocycles. The molecule has 0 heterocycles. The van der Waals surface area contributed by atoms with Gasteiger partial charge in [-0.1, -0.05) is 40.2 Å². The maximum atomic E-state index is 9.21. The van der Waals surface area contributed by atoms with E-state index >= 15 is 0 Å². The maximum absolute atomic E-state index is 9.21. The summed E-state index contributed by atoms with van der Waals surface area (Å²) in [6, 6.07) is 12.9. The molecule has 2 aromatic rings. The molecule has 21 heavy (non-hydrogen) atoms. The van der Waals surface area contributed by atoms with Crippen LogP contribution in [0, 0.1) is 0 Å². The number of methoxy groups -OCH3 is 1. The van der Waals surface area contributed by atoms with E-state index in [4.69, 9.17) is 9.47 Å². The van der Waals surface area contributed by atoms with Crippen LogP contribution in [-0.2, 0) is 18.0 Å². The van der Waals surface area contributed by atoms with Gasteiger partial charge in [0.05, 0.1) is 20.3 Å². The molecule has 0 aliphatic carbocycles. The van der Waals surface area contributed by atoms with Crippen molar-refractivity contribution in [1.29, 1.82) is 0 Å². The molecule has 2 rings (SSSR count). The molecule has 0 saturated carbocycles. The van der Waals surface area contributed by atoms with Gasteiger partial charge in [-0.15, -0.1) is 0 Å². The number of ether oxygens (including phenoxy) is 2. The van der Waals surface area contributed by atoms with Gasteiger partial charge in [0.2, 0.25) is 0 Å². The van der Waals surface area contributed by atoms with E-state index in [-0.39, 0.29) is 0 Å². The standard InChI is InChI=1S/C15H16BBrO4/c1-20-15-7-4-13(16(18)19)8-12(15)10-21-9-11-2-5-14(17)6-3-11/h2-8,18-19H,9-10H2,1H3. The topological polar surface area (TPSA) is 58.9 Å². The fourth-order valence-electron chi connectivity index (χ4n) is 1.93. The molecule has 2 N–H and O–H groups in total. The Balaban J connectivity index is 2.01. The molecule has 0 aromatic heterocycles. The first-order valence-corrected chi connectivity index (χ1v) is 7.24. The van der Waals surface area contributed by atoms with Crippen LogP contribution >= 0.6 is 15.9 Å². The SMILES string of the molecule is COc1ccc(B(O)O)cc1COCc1ccc(Br)cc1. The third-order valence-corrected chi connectivity index (χ3v) is 3.57. The van der Waals surface area contributed by atoms with Gasteiger partial charge in [0, 0.05) is 10.0 Å². The van der Waals surface area contributed by atoms with Gasteiger partial charge in [0.15, 0.2) is 0 Å². The minimum Gasteiger partial charge on any atom is -0.496 e. The normalized spacial score (nSPS) is 10.5. The first-order chi connectivity index (χ1) is 10.1. The van der Waals surface area contributed by atoms with Crippen LogP contribution in [0.4, 0.5) is 0 Å². The molecule has 0 amide bonds. The van der Waals surface area contributed by atoms with Gasteiger partial charge in [-0.25, -0.2) is 0 Å². The van der Waals surface area contributed by atoms with Crippen molar-refractivity contribution in [3.05, 3.63) is 58.1 Å². The summed E-state index contributed by atoms with van der Waals surface area (Å²) in [5, 5.41) is 18.4. The molecule has 0 bridgehead atoms. The highest BCUT2D eigenvalue weighted by molar-refractivity contribution is 9.10. The predicted octanol–water partition coefficient (Wildman–Crippen LogP) is 1.85. The quantitative estimate of drug-likeness (QED) is 0.781. The first-order valence-electron chi connectivity index (χ1n) is 6.45. The monoisotopic (exact) mass is 350 g/mol. The van der Waals surface area contributed by atoms with Crippen LogP contribution in [0.25, 0.3) is 0 Å². The van der Waals surface area contributed by atoms with Crippen molar-refractivity contribution in [3.8, 4) is 5.75 Å². The van der Waals surface area contributed by atoms with Gasteiger partial charge >= 0.3 is 7.12 Å². The number of hydrogen-bond acceptors (Lipinski definition) is 4. The van der Waals surface area contributed by atoms with Crippen LogP contribution in [0.5, 0.6) is 5.75 Å². The average molecular weight is 351 g/mol. The van der Waals surface area contributed by atoms with Gasteiger partial charge in [0.1, 0.15) is 5.75 Å². The Morgan fingerprint density at radius 2 is 1.76 bits per heavy atom. The number of rotatable bonds is 6. The summed E-state index contributed by atoms with van der Waals surface area (Å²) in [4.78, 5) is 0. The summed E-state index contributed by atoms with van der Waals surface area (Å²) in [7, 11) is 0.0731. The minimum atomic E-state index is -1.50. The summed E-state index contributed by atoms with van der Waals surface area (Å²) in [5.41, 5.74) is 2.26. The Hall–Kier alpha value is -1.34. The smallest absolute Gasteiger partial charge is 0.488 e. The predicted molar refractivity (Wildman–Crippen MR) is 85.5 cm³/mol. The van der Waals surface area contributed by atoms with Crippen molar-refractivity contribution in [2.24, 2.45) is 0 Å². The Morgan fingerprint density at radius 1 is 1.05 bits per heavy atom. The molecule has 0 atom stereocenters. The molecule has 0 spiro atoms. The molecular weight excluding hydrogens is 335 g/mol. The molecule has 0 unspecified atom stereocenters. The van der Waals surface area contributed by atoms with E-state index in [0.717, 1.165) is 15.6 Å². The molecular formula is C15H16BBrO4. The zero-order valence-electron chi connectivity index (χ0n) is 11.6. The number of halogens is 1. The van der Waals surface area contributed by atoms with Crippen molar-refractivity contribution in [3.63, 3.8) is 0 Å². The summed E-state index contributed by atoms with van der Waals surface area (Å²) in [5.74, 6) is 0.662. The van der Waals surface area contributed by atoms with Gasteiger partial charge < -0.3 is 19.5 Å².